The van der Waals surface area contributed by atoms with Crippen LogP contribution in [0, 0.1) is 0 Å². The van der Waals surface area contributed by atoms with Gasteiger partial charge in [-0.25, -0.2) is 4.79 Å². The topological polar surface area (TPSA) is 158 Å². The van der Waals surface area contributed by atoms with E-state index in [2.05, 4.69) is 27.0 Å². The molecule has 12 nitrogen and oxygen atoms in total. The molecule has 2 aliphatic heterocycles. The van der Waals surface area contributed by atoms with Gasteiger partial charge in [0.05, 0.1) is 32.5 Å². The fourth-order valence-electron chi connectivity index (χ4n) is 3.75. The van der Waals surface area contributed by atoms with Crippen LogP contribution in [0.2, 0.25) is 0 Å². The number of rotatable bonds is 4. The van der Waals surface area contributed by atoms with Crippen molar-refractivity contribution in [3.63, 3.8) is 0 Å². The first-order valence-corrected chi connectivity index (χ1v) is 11.7. The van der Waals surface area contributed by atoms with Gasteiger partial charge in [0.2, 0.25) is 11.9 Å². The lowest BCUT2D eigenvalue weighted by molar-refractivity contribution is 0.0980. The fraction of sp³-hybridized carbons (Fsp3) is 0.375. The van der Waals surface area contributed by atoms with Crippen molar-refractivity contribution in [2.45, 2.75) is 13.0 Å². The quantitative estimate of drug-likeness (QED) is 0.457. The molecule has 0 aliphatic carbocycles. The largest absolute Gasteiger partial charge is 0.399 e. The van der Waals surface area contributed by atoms with E-state index in [1.807, 2.05) is 24.3 Å². The molecule has 0 spiro atoms. The molecule has 2 amide bonds. The highest BCUT2D eigenvalue weighted by Gasteiger charge is 2.25. The van der Waals surface area contributed by atoms with E-state index in [1.165, 1.54) is 0 Å². The molecule has 0 saturated carbocycles. The molecule has 5 rings (SSSR count). The Labute approximate surface area is 209 Å². The molecule has 0 unspecified atom stereocenters. The van der Waals surface area contributed by atoms with Gasteiger partial charge in [-0.15, -0.1) is 0 Å². The number of hydrogen-bond acceptors (Lipinski definition) is 10. The maximum Gasteiger partial charge on any atom is 0.316 e. The highest BCUT2D eigenvalue weighted by Crippen LogP contribution is 2.24. The Balaban J connectivity index is 0.000000256. The minimum absolute atomic E-state index is 0.225. The van der Waals surface area contributed by atoms with Crippen LogP contribution in [-0.2, 0) is 9.47 Å². The summed E-state index contributed by atoms with van der Waals surface area (Å²) >= 11 is 0. The first-order chi connectivity index (χ1) is 17.5. The zero-order valence-electron chi connectivity index (χ0n) is 20.2. The number of urea groups is 1. The molecule has 1 aromatic carbocycles. The minimum atomic E-state index is -0.564. The van der Waals surface area contributed by atoms with Gasteiger partial charge in [-0.3, -0.25) is 4.98 Å². The lowest BCUT2D eigenvalue weighted by Crippen LogP contribution is -2.45. The van der Waals surface area contributed by atoms with Gasteiger partial charge in [0, 0.05) is 49.0 Å². The van der Waals surface area contributed by atoms with Crippen molar-refractivity contribution in [2.24, 2.45) is 5.73 Å². The third kappa shape index (κ3) is 6.77. The summed E-state index contributed by atoms with van der Waals surface area (Å²) in [6.45, 7) is 7.19. The van der Waals surface area contributed by atoms with Crippen molar-refractivity contribution in [2.75, 3.05) is 66.9 Å². The van der Waals surface area contributed by atoms with E-state index in [1.54, 1.807) is 24.5 Å². The number of aromatic nitrogens is 4. The van der Waals surface area contributed by atoms with Crippen LogP contribution in [0.4, 0.5) is 28.1 Å². The Kier molecular flexibility index (Phi) is 8.42. The van der Waals surface area contributed by atoms with Gasteiger partial charge in [-0.2, -0.15) is 15.0 Å². The summed E-state index contributed by atoms with van der Waals surface area (Å²) in [6, 6.07) is 10.6. The third-order valence-corrected chi connectivity index (χ3v) is 5.65. The number of nitrogen functional groups attached to an aromatic ring is 1. The average molecular weight is 494 g/mol. The predicted octanol–water partition coefficient (Wildman–Crippen LogP) is 1.75. The maximum absolute atomic E-state index is 10.3. The van der Waals surface area contributed by atoms with E-state index >= 15 is 0 Å². The zero-order valence-corrected chi connectivity index (χ0v) is 20.2. The molecule has 2 aromatic heterocycles. The molecule has 190 valence electrons. The van der Waals surface area contributed by atoms with Crippen molar-refractivity contribution < 1.29 is 14.3 Å². The average Bonchev–Trinajstić information content (AvgIpc) is 2.90. The summed E-state index contributed by atoms with van der Waals surface area (Å²) in [6.07, 6.45) is 3.15. The summed E-state index contributed by atoms with van der Waals surface area (Å²) < 4.78 is 11.0. The highest BCUT2D eigenvalue weighted by atomic mass is 16.5. The minimum Gasteiger partial charge on any atom is -0.399 e. The lowest BCUT2D eigenvalue weighted by atomic mass is 10.2. The Morgan fingerprint density at radius 2 is 1.61 bits per heavy atom. The number of nitrogens with zero attached hydrogens (tertiary/aromatic N) is 6. The Hall–Kier alpha value is -4.03. The Morgan fingerprint density at radius 3 is 2.28 bits per heavy atom. The molecule has 1 atom stereocenters. The van der Waals surface area contributed by atoms with Gasteiger partial charge in [-0.05, 0) is 43.3 Å². The van der Waals surface area contributed by atoms with Gasteiger partial charge in [0.25, 0.3) is 0 Å². The van der Waals surface area contributed by atoms with Crippen LogP contribution < -0.4 is 26.6 Å². The summed E-state index contributed by atoms with van der Waals surface area (Å²) in [5.41, 5.74) is 13.0. The number of hydrogen-bond donors (Lipinski definition) is 3. The number of benzene rings is 1. The number of primary amides is 1. The molecule has 3 aromatic rings. The monoisotopic (exact) mass is 493 g/mol. The second kappa shape index (κ2) is 12.1. The van der Waals surface area contributed by atoms with Gasteiger partial charge in [-0.1, -0.05) is 0 Å². The number of nitrogens with one attached hydrogen (secondary N) is 1. The van der Waals surface area contributed by atoms with Gasteiger partial charge >= 0.3 is 6.03 Å². The molecular formula is C24H31N9O3. The van der Waals surface area contributed by atoms with Crippen LogP contribution in [0.5, 0.6) is 0 Å². The number of carbonyl (C=O) groups excluding carboxylic acids is 1. The number of amides is 2. The standard InChI is InChI=1S/C18H24N6O2.C6H7N3O/c1-13-12-26-11-8-24(13)18-21-16(14-2-4-15(19)5-3-14)20-17(22-18)23-6-9-25-10-7-23;7-6(10)9-5-1-3-8-4-2-5/h2-5,13H,6-12,19H2,1H3;1-4H,(H3,7,8,9,10)/t13-;/m0./s1. The van der Waals surface area contributed by atoms with E-state index in [4.69, 9.17) is 35.9 Å². The maximum atomic E-state index is 10.3. The van der Waals surface area contributed by atoms with Gasteiger partial charge in [0.1, 0.15) is 0 Å². The second-order valence-corrected chi connectivity index (χ2v) is 8.32. The number of anilines is 4. The Bertz CT molecular complexity index is 1130. The summed E-state index contributed by atoms with van der Waals surface area (Å²) in [5.74, 6) is 2.06. The molecule has 36 heavy (non-hydrogen) atoms. The van der Waals surface area contributed by atoms with E-state index in [-0.39, 0.29) is 6.04 Å². The molecule has 5 N–H and O–H groups in total. The van der Waals surface area contributed by atoms with Crippen molar-refractivity contribution in [3.05, 3.63) is 48.8 Å². The molecule has 2 fully saturated rings. The van der Waals surface area contributed by atoms with Crippen molar-refractivity contribution in [1.29, 1.82) is 0 Å². The third-order valence-electron chi connectivity index (χ3n) is 5.65. The second-order valence-electron chi connectivity index (χ2n) is 8.32. The zero-order chi connectivity index (χ0) is 25.3. The SMILES string of the molecule is C[C@H]1COCCN1c1nc(-c2ccc(N)cc2)nc(N2CCOCC2)n1.NC(=O)Nc1ccncc1. The lowest BCUT2D eigenvalue weighted by Gasteiger charge is -2.34. The van der Waals surface area contributed by atoms with Crippen molar-refractivity contribution in [1.82, 2.24) is 19.9 Å². The van der Waals surface area contributed by atoms with Crippen LogP contribution in [0.15, 0.2) is 48.8 Å². The highest BCUT2D eigenvalue weighted by molar-refractivity contribution is 5.87. The van der Waals surface area contributed by atoms with Crippen LogP contribution in [0.1, 0.15) is 6.92 Å². The van der Waals surface area contributed by atoms with E-state index in [0.29, 0.717) is 49.8 Å². The molecule has 0 bridgehead atoms. The van der Waals surface area contributed by atoms with Crippen molar-refractivity contribution >= 4 is 29.3 Å². The number of pyridine rings is 1. The van der Waals surface area contributed by atoms with Crippen LogP contribution in [0.3, 0.4) is 0 Å². The fourth-order valence-corrected chi connectivity index (χ4v) is 3.75. The van der Waals surface area contributed by atoms with E-state index in [9.17, 15) is 4.79 Å². The van der Waals surface area contributed by atoms with Gasteiger partial charge < -0.3 is 36.1 Å². The molecular weight excluding hydrogens is 462 g/mol. The number of morpholine rings is 2. The number of carbonyl (C=O) groups is 1. The van der Waals surface area contributed by atoms with E-state index in [0.717, 1.165) is 30.9 Å². The first kappa shape index (κ1) is 25.1. The normalized spacial score (nSPS) is 17.6. The molecule has 12 heteroatoms. The molecule has 2 aliphatic rings. The van der Waals surface area contributed by atoms with Crippen LogP contribution in [-0.4, -0.2) is 78.1 Å². The molecule has 0 radical (unpaired) electrons. The molecule has 2 saturated heterocycles. The summed E-state index contributed by atoms with van der Waals surface area (Å²) in [4.78, 5) is 32.6. The summed E-state index contributed by atoms with van der Waals surface area (Å²) in [5, 5.41) is 2.40. The van der Waals surface area contributed by atoms with Crippen molar-refractivity contribution in [3.8, 4) is 11.4 Å². The number of ether oxygens (including phenoxy) is 2. The smallest absolute Gasteiger partial charge is 0.316 e. The predicted molar refractivity (Wildman–Crippen MR) is 138 cm³/mol. The Morgan fingerprint density at radius 1 is 0.944 bits per heavy atom. The first-order valence-electron chi connectivity index (χ1n) is 11.7. The van der Waals surface area contributed by atoms with E-state index < -0.39 is 6.03 Å². The summed E-state index contributed by atoms with van der Waals surface area (Å²) in [7, 11) is 0. The molecule has 4 heterocycles. The van der Waals surface area contributed by atoms with Gasteiger partial charge in [0.15, 0.2) is 5.82 Å². The van der Waals surface area contributed by atoms with Crippen LogP contribution in [0.25, 0.3) is 11.4 Å². The number of nitrogens with two attached hydrogens (primary N) is 2. The van der Waals surface area contributed by atoms with Crippen LogP contribution >= 0.6 is 0 Å².